The molecule has 1 aromatic heterocycles. The molecule has 144 valence electrons. The Morgan fingerprint density at radius 1 is 1.31 bits per heavy atom. The first kappa shape index (κ1) is 18.9. The van der Waals surface area contributed by atoms with Crippen molar-refractivity contribution in [3.63, 3.8) is 0 Å². The molecule has 0 bridgehead atoms. The van der Waals surface area contributed by atoms with E-state index < -0.39 is 5.60 Å². The molecule has 0 aliphatic carbocycles. The maximum absolute atomic E-state index is 12.3. The number of piperidine rings is 1. The zero-order valence-corrected chi connectivity index (χ0v) is 16.1. The Kier molecular flexibility index (Phi) is 5.96. The Morgan fingerprint density at radius 2 is 2.08 bits per heavy atom. The molecule has 26 heavy (non-hydrogen) atoms. The van der Waals surface area contributed by atoms with Crippen LogP contribution < -0.4 is 4.90 Å². The van der Waals surface area contributed by atoms with E-state index in [9.17, 15) is 4.79 Å². The zero-order valence-electron chi connectivity index (χ0n) is 16.1. The maximum atomic E-state index is 12.3. The lowest BCUT2D eigenvalue weighted by Crippen LogP contribution is -2.43. The van der Waals surface area contributed by atoms with Crippen molar-refractivity contribution in [3.8, 4) is 0 Å². The smallest absolute Gasteiger partial charge is 0.410 e. The summed E-state index contributed by atoms with van der Waals surface area (Å²) in [5.74, 6) is 2.19. The second kappa shape index (κ2) is 8.20. The van der Waals surface area contributed by atoms with Gasteiger partial charge >= 0.3 is 6.09 Å². The summed E-state index contributed by atoms with van der Waals surface area (Å²) < 4.78 is 10.9. The topological polar surface area (TPSA) is 67.8 Å². The van der Waals surface area contributed by atoms with E-state index in [0.29, 0.717) is 12.5 Å². The van der Waals surface area contributed by atoms with Gasteiger partial charge in [0, 0.05) is 38.8 Å². The van der Waals surface area contributed by atoms with Crippen LogP contribution in [0.5, 0.6) is 0 Å². The van der Waals surface area contributed by atoms with Gasteiger partial charge in [-0.15, -0.1) is 0 Å². The molecule has 1 aromatic rings. The van der Waals surface area contributed by atoms with E-state index in [1.807, 2.05) is 37.9 Å². The Hall–Kier alpha value is -1.89. The summed E-state index contributed by atoms with van der Waals surface area (Å²) in [6.07, 6.45) is 4.49. The molecule has 0 unspecified atom stereocenters. The van der Waals surface area contributed by atoms with Gasteiger partial charge in [-0.3, -0.25) is 0 Å². The largest absolute Gasteiger partial charge is 0.444 e. The van der Waals surface area contributed by atoms with Crippen LogP contribution in [0.15, 0.2) is 12.3 Å². The van der Waals surface area contributed by atoms with E-state index in [-0.39, 0.29) is 6.09 Å². The third-order valence-corrected chi connectivity index (χ3v) is 4.67. The Balaban J connectivity index is 1.59. The molecule has 0 spiro atoms. The van der Waals surface area contributed by atoms with Crippen molar-refractivity contribution in [3.05, 3.63) is 18.1 Å². The van der Waals surface area contributed by atoms with Gasteiger partial charge in [0.25, 0.3) is 0 Å². The van der Waals surface area contributed by atoms with E-state index >= 15 is 0 Å². The predicted molar refractivity (Wildman–Crippen MR) is 99.3 cm³/mol. The lowest BCUT2D eigenvalue weighted by molar-refractivity contribution is 0.0165. The average Bonchev–Trinajstić information content (AvgIpc) is 2.61. The van der Waals surface area contributed by atoms with Crippen LogP contribution in [-0.4, -0.2) is 66.0 Å². The number of morpholine rings is 1. The van der Waals surface area contributed by atoms with Crippen LogP contribution in [0.4, 0.5) is 10.6 Å². The second-order valence-electron chi connectivity index (χ2n) is 8.07. The molecule has 2 fully saturated rings. The van der Waals surface area contributed by atoms with E-state index in [2.05, 4.69) is 9.88 Å². The third kappa shape index (κ3) is 5.30. The van der Waals surface area contributed by atoms with Crippen molar-refractivity contribution >= 4 is 11.9 Å². The number of aromatic nitrogens is 2. The summed E-state index contributed by atoms with van der Waals surface area (Å²) in [4.78, 5) is 25.6. The maximum Gasteiger partial charge on any atom is 0.410 e. The predicted octanol–water partition coefficient (Wildman–Crippen LogP) is 2.50. The first-order valence-corrected chi connectivity index (χ1v) is 9.53. The van der Waals surface area contributed by atoms with Crippen LogP contribution in [-0.2, 0) is 15.9 Å². The quantitative estimate of drug-likeness (QED) is 0.823. The van der Waals surface area contributed by atoms with Crippen LogP contribution in [0.25, 0.3) is 0 Å². The summed E-state index contributed by atoms with van der Waals surface area (Å²) in [6, 6.07) is 1.96. The fourth-order valence-corrected chi connectivity index (χ4v) is 3.44. The first-order valence-electron chi connectivity index (χ1n) is 9.53. The molecular weight excluding hydrogens is 332 g/mol. The highest BCUT2D eigenvalue weighted by atomic mass is 16.6. The number of carbonyl (C=O) groups is 1. The number of hydrogen-bond donors (Lipinski definition) is 0. The van der Waals surface area contributed by atoms with Crippen LogP contribution >= 0.6 is 0 Å². The summed E-state index contributed by atoms with van der Waals surface area (Å²) >= 11 is 0. The van der Waals surface area contributed by atoms with Crippen LogP contribution in [0.1, 0.15) is 39.4 Å². The number of amides is 1. The van der Waals surface area contributed by atoms with Crippen molar-refractivity contribution < 1.29 is 14.3 Å². The van der Waals surface area contributed by atoms with Gasteiger partial charge in [-0.25, -0.2) is 14.8 Å². The van der Waals surface area contributed by atoms with Crippen LogP contribution in [0.2, 0.25) is 0 Å². The van der Waals surface area contributed by atoms with Crippen molar-refractivity contribution in [2.24, 2.45) is 5.92 Å². The van der Waals surface area contributed by atoms with E-state index in [1.165, 1.54) is 0 Å². The van der Waals surface area contributed by atoms with Crippen molar-refractivity contribution in [2.75, 3.05) is 44.3 Å². The number of nitrogens with zero attached hydrogens (tertiary/aromatic N) is 4. The molecule has 7 nitrogen and oxygen atoms in total. The van der Waals surface area contributed by atoms with Crippen molar-refractivity contribution in [1.29, 1.82) is 0 Å². The molecule has 0 N–H and O–H groups in total. The number of likely N-dealkylation sites (tertiary alicyclic amines) is 1. The summed E-state index contributed by atoms with van der Waals surface area (Å²) in [5, 5.41) is 0. The van der Waals surface area contributed by atoms with Gasteiger partial charge < -0.3 is 19.3 Å². The molecule has 2 aliphatic heterocycles. The molecule has 0 aromatic carbocycles. The molecule has 7 heteroatoms. The lowest BCUT2D eigenvalue weighted by Gasteiger charge is -2.34. The Bertz CT molecular complexity index is 611. The van der Waals surface area contributed by atoms with Gasteiger partial charge in [0.05, 0.1) is 13.2 Å². The molecule has 2 saturated heterocycles. The summed E-state index contributed by atoms with van der Waals surface area (Å²) in [5.41, 5.74) is -0.459. The lowest BCUT2D eigenvalue weighted by atomic mass is 9.94. The van der Waals surface area contributed by atoms with Gasteiger partial charge in [-0.05, 0) is 45.6 Å². The van der Waals surface area contributed by atoms with Gasteiger partial charge in [-0.1, -0.05) is 0 Å². The summed E-state index contributed by atoms with van der Waals surface area (Å²) in [7, 11) is 0. The monoisotopic (exact) mass is 362 g/mol. The minimum absolute atomic E-state index is 0.217. The molecule has 0 saturated carbocycles. The molecule has 3 heterocycles. The molecular formula is C19H30N4O3. The first-order chi connectivity index (χ1) is 12.4. The third-order valence-electron chi connectivity index (χ3n) is 4.67. The minimum Gasteiger partial charge on any atom is -0.444 e. The van der Waals surface area contributed by atoms with Gasteiger partial charge in [0.1, 0.15) is 17.2 Å². The van der Waals surface area contributed by atoms with Gasteiger partial charge in [0.2, 0.25) is 0 Å². The highest BCUT2D eigenvalue weighted by Crippen LogP contribution is 2.22. The summed E-state index contributed by atoms with van der Waals surface area (Å²) in [6.45, 7) is 10.4. The molecule has 1 atom stereocenters. The second-order valence-corrected chi connectivity index (χ2v) is 8.07. The number of anilines is 1. The van der Waals surface area contributed by atoms with Crippen LogP contribution in [0.3, 0.4) is 0 Å². The Labute approximate surface area is 155 Å². The zero-order chi connectivity index (χ0) is 18.6. The van der Waals surface area contributed by atoms with Crippen LogP contribution in [0, 0.1) is 5.92 Å². The van der Waals surface area contributed by atoms with E-state index in [0.717, 1.165) is 63.8 Å². The number of ether oxygens (including phenoxy) is 2. The SMILES string of the molecule is CC(C)(C)OC(=O)N1CCC[C@@H](Cc2nccc(N3CCOCC3)n2)C1. The molecule has 2 aliphatic rings. The van der Waals surface area contributed by atoms with Gasteiger partial charge in [0.15, 0.2) is 0 Å². The fraction of sp³-hybridized carbons (Fsp3) is 0.737. The number of carbonyl (C=O) groups excluding carboxylic acids is 1. The average molecular weight is 362 g/mol. The Morgan fingerprint density at radius 3 is 2.81 bits per heavy atom. The van der Waals surface area contributed by atoms with E-state index in [4.69, 9.17) is 14.5 Å². The minimum atomic E-state index is -0.459. The highest BCUT2D eigenvalue weighted by molar-refractivity contribution is 5.68. The van der Waals surface area contributed by atoms with Crippen molar-refractivity contribution in [1.82, 2.24) is 14.9 Å². The fourth-order valence-electron chi connectivity index (χ4n) is 3.44. The molecule has 3 rings (SSSR count). The number of hydrogen-bond acceptors (Lipinski definition) is 6. The van der Waals surface area contributed by atoms with E-state index in [1.54, 1.807) is 0 Å². The standard InChI is InChI=1S/C19H30N4O3/c1-19(2,3)26-18(24)23-8-4-5-15(14-23)13-16-20-7-6-17(21-16)22-9-11-25-12-10-22/h6-7,15H,4-5,8-14H2,1-3H3/t15-/m0/s1. The normalized spacial score (nSPS) is 21.6. The highest BCUT2D eigenvalue weighted by Gasteiger charge is 2.28. The van der Waals surface area contributed by atoms with Gasteiger partial charge in [-0.2, -0.15) is 0 Å². The van der Waals surface area contributed by atoms with Crippen molar-refractivity contribution in [2.45, 2.75) is 45.6 Å². The molecule has 0 radical (unpaired) electrons. The number of rotatable bonds is 3. The molecule has 1 amide bonds.